The molecule has 0 saturated heterocycles. The Morgan fingerprint density at radius 1 is 1.33 bits per heavy atom. The van der Waals surface area contributed by atoms with E-state index in [0.29, 0.717) is 0 Å². The summed E-state index contributed by atoms with van der Waals surface area (Å²) >= 11 is 0. The summed E-state index contributed by atoms with van der Waals surface area (Å²) in [5.41, 5.74) is 0. The van der Waals surface area contributed by atoms with Gasteiger partial charge in [0.25, 0.3) is 0 Å². The van der Waals surface area contributed by atoms with Gasteiger partial charge in [0.1, 0.15) is 0 Å². The average Bonchev–Trinajstić information content (AvgIpc) is 0.811. The van der Waals surface area contributed by atoms with Gasteiger partial charge < -0.3 is 15.7 Å². The van der Waals surface area contributed by atoms with Gasteiger partial charge in [-0.05, 0) is 0 Å². The molecule has 0 aromatic rings. The van der Waals surface area contributed by atoms with Crippen LogP contribution in [0.15, 0.2) is 0 Å². The first-order valence-electron chi connectivity index (χ1n) is 0.651. The van der Waals surface area contributed by atoms with Crippen LogP contribution in [0, 0.1) is 0 Å². The minimum atomic E-state index is -1.83. The molecule has 1 radical (unpaired) electrons. The molecule has 6 heavy (non-hydrogen) atoms. The number of carbonyl (C=O) groups is 1. The van der Waals surface area contributed by atoms with E-state index in [9.17, 15) is 0 Å². The topological polar surface area (TPSA) is 86.0 Å². The summed E-state index contributed by atoms with van der Waals surface area (Å²) in [5.74, 6) is 0. The smallest absolute Gasteiger partial charge is 2.00 e. The van der Waals surface area contributed by atoms with E-state index < -0.39 is 6.16 Å². The zero-order chi connectivity index (χ0) is 3.58. The van der Waals surface area contributed by atoms with Gasteiger partial charge in [0.05, 0.1) is 0 Å². The predicted octanol–water partition coefficient (Wildman–Crippen LogP) is 0.101. The third-order valence-electron chi connectivity index (χ3n) is 0. The molecule has 0 aliphatic heterocycles. The molecule has 5 heteroatoms. The summed E-state index contributed by atoms with van der Waals surface area (Å²) in [6.07, 6.45) is -1.83. The van der Waals surface area contributed by atoms with Gasteiger partial charge >= 0.3 is 23.2 Å². The molecule has 0 amide bonds. The van der Waals surface area contributed by atoms with Crippen molar-refractivity contribution in [2.24, 2.45) is 0 Å². The number of carboxylic acid groups (broad SMARTS) is 2. The summed E-state index contributed by atoms with van der Waals surface area (Å²) in [5, 5.41) is 13.9. The molecule has 0 aromatic heterocycles. The average molecular weight is 133 g/mol. The summed E-state index contributed by atoms with van der Waals surface area (Å²) < 4.78 is 0. The normalized spacial score (nSPS) is 4.00. The fourth-order valence-electron chi connectivity index (χ4n) is 0. The second-order valence-electron chi connectivity index (χ2n) is 0.283. The summed E-state index contributed by atoms with van der Waals surface area (Å²) in [6, 6.07) is 0. The minimum absolute atomic E-state index is 0. The molecule has 4 nitrogen and oxygen atoms in total. The van der Waals surface area contributed by atoms with Crippen LogP contribution in [0.2, 0.25) is 0 Å². The van der Waals surface area contributed by atoms with Crippen molar-refractivity contribution in [3.05, 3.63) is 0 Å². The van der Waals surface area contributed by atoms with Crippen LogP contribution in [0.25, 0.3) is 0 Å². The molecule has 0 aromatic carbocycles. The largest absolute Gasteiger partial charge is 2.00 e. The molecule has 0 bridgehead atoms. The van der Waals surface area contributed by atoms with Gasteiger partial charge in [-0.25, -0.2) is 4.79 Å². The zero-order valence-corrected chi connectivity index (χ0v) is 3.77. The van der Waals surface area contributed by atoms with E-state index in [-0.39, 0.29) is 22.5 Å². The van der Waals surface area contributed by atoms with Crippen molar-refractivity contribution in [1.82, 2.24) is 0 Å². The Morgan fingerprint density at radius 2 is 1.33 bits per heavy atom. The van der Waals surface area contributed by atoms with E-state index in [1.165, 1.54) is 0 Å². The van der Waals surface area contributed by atoms with Gasteiger partial charge in [-0.1, -0.05) is 0 Å². The number of hydrogen-bond acceptors (Lipinski definition) is 1. The standard InChI is InChI=1S/CH2O3.Mn.O/c2-1(3)4;;/h(H2,2,3,4);;/q;+2;-2. The summed E-state index contributed by atoms with van der Waals surface area (Å²) in [7, 11) is 0. The van der Waals surface area contributed by atoms with Crippen molar-refractivity contribution in [2.75, 3.05) is 0 Å². The van der Waals surface area contributed by atoms with E-state index in [0.717, 1.165) is 0 Å². The molecule has 0 atom stereocenters. The van der Waals surface area contributed by atoms with Crippen LogP contribution in [-0.2, 0) is 22.5 Å². The molecule has 0 spiro atoms. The van der Waals surface area contributed by atoms with Gasteiger partial charge in [0.2, 0.25) is 0 Å². The van der Waals surface area contributed by atoms with Gasteiger partial charge in [0.15, 0.2) is 0 Å². The first kappa shape index (κ1) is 17.2. The molecule has 0 heterocycles. The van der Waals surface area contributed by atoms with E-state index in [1.54, 1.807) is 0 Å². The van der Waals surface area contributed by atoms with Crippen molar-refractivity contribution < 1.29 is 37.6 Å². The van der Waals surface area contributed by atoms with Gasteiger partial charge in [-0.3, -0.25) is 0 Å². The first-order valence-corrected chi connectivity index (χ1v) is 0.651. The van der Waals surface area contributed by atoms with Crippen molar-refractivity contribution in [2.45, 2.75) is 0 Å². The molecule has 0 fully saturated rings. The fourth-order valence-corrected chi connectivity index (χ4v) is 0. The van der Waals surface area contributed by atoms with Crippen molar-refractivity contribution in [1.29, 1.82) is 0 Å². The first-order chi connectivity index (χ1) is 1.73. The van der Waals surface area contributed by atoms with E-state index in [2.05, 4.69) is 0 Å². The maximum absolute atomic E-state index is 8.56. The Kier molecular flexibility index (Phi) is 25.3. The summed E-state index contributed by atoms with van der Waals surface area (Å²) in [4.78, 5) is 8.56. The molecule has 2 N–H and O–H groups in total. The molecular formula is CH2MnO4. The zero-order valence-electron chi connectivity index (χ0n) is 2.59. The third kappa shape index (κ3) is 452. The van der Waals surface area contributed by atoms with Crippen LogP contribution < -0.4 is 0 Å². The van der Waals surface area contributed by atoms with Crippen LogP contribution >= 0.6 is 0 Å². The van der Waals surface area contributed by atoms with Crippen LogP contribution in [0.4, 0.5) is 4.79 Å². The Hall–Kier alpha value is -0.251. The summed E-state index contributed by atoms with van der Waals surface area (Å²) in [6.45, 7) is 0. The van der Waals surface area contributed by atoms with Crippen molar-refractivity contribution >= 4 is 6.16 Å². The fraction of sp³-hybridized carbons (Fsp3) is 0. The molecular weight excluding hydrogens is 131 g/mol. The van der Waals surface area contributed by atoms with Gasteiger partial charge in [0, 0.05) is 0 Å². The quantitative estimate of drug-likeness (QED) is 0.459. The molecule has 0 saturated carbocycles. The van der Waals surface area contributed by atoms with Crippen LogP contribution in [0.1, 0.15) is 0 Å². The molecule has 0 aliphatic carbocycles. The molecule has 0 unspecified atom stereocenters. The third-order valence-corrected chi connectivity index (χ3v) is 0. The molecule has 0 rings (SSSR count). The maximum atomic E-state index is 8.56. The minimum Gasteiger partial charge on any atom is -2.00 e. The van der Waals surface area contributed by atoms with E-state index in [4.69, 9.17) is 15.0 Å². The Labute approximate surface area is 44.6 Å². The number of rotatable bonds is 0. The predicted molar refractivity (Wildman–Crippen MR) is 11.3 cm³/mol. The van der Waals surface area contributed by atoms with Crippen molar-refractivity contribution in [3.63, 3.8) is 0 Å². The van der Waals surface area contributed by atoms with Crippen LogP contribution in [0.3, 0.4) is 0 Å². The van der Waals surface area contributed by atoms with Crippen LogP contribution in [-0.4, -0.2) is 16.4 Å². The SMILES string of the molecule is O=C(O)O.[Mn+2].[O-2]. The van der Waals surface area contributed by atoms with Crippen LogP contribution in [0.5, 0.6) is 0 Å². The molecule has 0 aliphatic rings. The number of hydrogen-bond donors (Lipinski definition) is 2. The maximum Gasteiger partial charge on any atom is 2.00 e. The Bertz CT molecular complexity index is 30.5. The Balaban J connectivity index is -0.0000000450. The second-order valence-corrected chi connectivity index (χ2v) is 0.283. The van der Waals surface area contributed by atoms with E-state index >= 15 is 0 Å². The second kappa shape index (κ2) is 8.83. The van der Waals surface area contributed by atoms with Gasteiger partial charge in [-0.15, -0.1) is 0 Å². The monoisotopic (exact) mass is 133 g/mol. The Morgan fingerprint density at radius 3 is 1.33 bits per heavy atom. The van der Waals surface area contributed by atoms with Gasteiger partial charge in [-0.2, -0.15) is 0 Å². The molecule has 37 valence electrons. The van der Waals surface area contributed by atoms with E-state index in [1.807, 2.05) is 0 Å². The van der Waals surface area contributed by atoms with Crippen molar-refractivity contribution in [3.8, 4) is 0 Å².